The number of benzene rings is 1. The monoisotopic (exact) mass is 198 g/mol. The van der Waals surface area contributed by atoms with Crippen LogP contribution in [0.2, 0.25) is 5.02 Å². The summed E-state index contributed by atoms with van der Waals surface area (Å²) in [6, 6.07) is 3.63. The Morgan fingerprint density at radius 3 is 2.62 bits per heavy atom. The molecule has 1 rings (SSSR count). The van der Waals surface area contributed by atoms with Crippen LogP contribution in [0.3, 0.4) is 0 Å². The quantitative estimate of drug-likeness (QED) is 0.765. The standard InChI is InChI=1S/C11H15ClO/c1-4-7(2)10-6-9(12)5-8(3)11(10)13/h5-7,13H,4H2,1-3H3. The van der Waals surface area contributed by atoms with Gasteiger partial charge >= 0.3 is 0 Å². The second-order valence-electron chi connectivity index (χ2n) is 3.47. The fourth-order valence-corrected chi connectivity index (χ4v) is 1.64. The Labute approximate surface area is 84.4 Å². The first kappa shape index (κ1) is 10.4. The molecule has 0 aliphatic rings. The normalized spacial score (nSPS) is 12.9. The maximum atomic E-state index is 9.76. The fourth-order valence-electron chi connectivity index (χ4n) is 1.36. The Hall–Kier alpha value is -0.690. The highest BCUT2D eigenvalue weighted by molar-refractivity contribution is 6.30. The number of rotatable bonds is 2. The molecule has 0 spiro atoms. The molecule has 0 radical (unpaired) electrons. The van der Waals surface area contributed by atoms with Gasteiger partial charge in [-0.3, -0.25) is 0 Å². The van der Waals surface area contributed by atoms with Gasteiger partial charge in [-0.25, -0.2) is 0 Å². The van der Waals surface area contributed by atoms with Crippen LogP contribution in [-0.4, -0.2) is 5.11 Å². The van der Waals surface area contributed by atoms with Crippen molar-refractivity contribution in [1.29, 1.82) is 0 Å². The van der Waals surface area contributed by atoms with E-state index in [0.29, 0.717) is 16.7 Å². The summed E-state index contributed by atoms with van der Waals surface area (Å²) in [7, 11) is 0. The summed E-state index contributed by atoms with van der Waals surface area (Å²) in [5.41, 5.74) is 1.80. The molecule has 0 amide bonds. The molecular weight excluding hydrogens is 184 g/mol. The summed E-state index contributed by atoms with van der Waals surface area (Å²) >= 11 is 5.91. The molecule has 1 unspecified atom stereocenters. The molecule has 0 aromatic heterocycles. The van der Waals surface area contributed by atoms with Crippen LogP contribution in [0.15, 0.2) is 12.1 Å². The lowest BCUT2D eigenvalue weighted by atomic mass is 9.96. The number of hydrogen-bond acceptors (Lipinski definition) is 1. The molecule has 0 saturated carbocycles. The van der Waals surface area contributed by atoms with Gasteiger partial charge in [-0.2, -0.15) is 0 Å². The van der Waals surface area contributed by atoms with Crippen LogP contribution in [0, 0.1) is 6.92 Å². The molecule has 72 valence electrons. The number of hydrogen-bond donors (Lipinski definition) is 1. The average molecular weight is 199 g/mol. The van der Waals surface area contributed by atoms with Crippen molar-refractivity contribution in [3.63, 3.8) is 0 Å². The molecule has 0 saturated heterocycles. The first-order valence-electron chi connectivity index (χ1n) is 4.55. The van der Waals surface area contributed by atoms with Crippen molar-refractivity contribution in [3.8, 4) is 5.75 Å². The van der Waals surface area contributed by atoms with Crippen molar-refractivity contribution in [1.82, 2.24) is 0 Å². The smallest absolute Gasteiger partial charge is 0.122 e. The number of phenols is 1. The van der Waals surface area contributed by atoms with Gasteiger partial charge in [-0.05, 0) is 42.5 Å². The number of aryl methyl sites for hydroxylation is 1. The molecule has 1 nitrogen and oxygen atoms in total. The molecule has 1 aromatic carbocycles. The SMILES string of the molecule is CCC(C)c1cc(Cl)cc(C)c1O. The lowest BCUT2D eigenvalue weighted by molar-refractivity contribution is 0.458. The topological polar surface area (TPSA) is 20.2 Å². The van der Waals surface area contributed by atoms with E-state index in [1.165, 1.54) is 0 Å². The summed E-state index contributed by atoms with van der Waals surface area (Å²) in [5.74, 6) is 0.746. The van der Waals surface area contributed by atoms with Crippen LogP contribution in [0.5, 0.6) is 5.75 Å². The molecule has 2 heteroatoms. The third-order valence-corrected chi connectivity index (χ3v) is 2.66. The Bertz CT molecular complexity index is 307. The molecule has 1 atom stereocenters. The van der Waals surface area contributed by atoms with E-state index in [0.717, 1.165) is 17.5 Å². The predicted octanol–water partition coefficient (Wildman–Crippen LogP) is 3.87. The summed E-state index contributed by atoms with van der Waals surface area (Å²) in [5, 5.41) is 10.5. The zero-order valence-corrected chi connectivity index (χ0v) is 9.02. The Morgan fingerprint density at radius 2 is 2.08 bits per heavy atom. The molecular formula is C11H15ClO. The van der Waals surface area contributed by atoms with Gasteiger partial charge in [-0.15, -0.1) is 0 Å². The zero-order chi connectivity index (χ0) is 10.0. The van der Waals surface area contributed by atoms with Crippen molar-refractivity contribution >= 4 is 11.6 Å². The van der Waals surface area contributed by atoms with Gasteiger partial charge < -0.3 is 5.11 Å². The molecule has 0 heterocycles. The molecule has 1 aromatic rings. The summed E-state index contributed by atoms with van der Waals surface area (Å²) in [4.78, 5) is 0. The maximum Gasteiger partial charge on any atom is 0.122 e. The first-order chi connectivity index (χ1) is 6.06. The molecule has 0 bridgehead atoms. The summed E-state index contributed by atoms with van der Waals surface area (Å²) in [6.07, 6.45) is 1.01. The number of halogens is 1. The van der Waals surface area contributed by atoms with E-state index in [1.54, 1.807) is 6.07 Å². The van der Waals surface area contributed by atoms with Crippen LogP contribution < -0.4 is 0 Å². The van der Waals surface area contributed by atoms with Crippen LogP contribution in [-0.2, 0) is 0 Å². The van der Waals surface area contributed by atoms with Gasteiger partial charge in [0.1, 0.15) is 5.75 Å². The van der Waals surface area contributed by atoms with Crippen molar-refractivity contribution in [3.05, 3.63) is 28.3 Å². The lowest BCUT2D eigenvalue weighted by Crippen LogP contribution is -1.93. The second kappa shape index (κ2) is 4.01. The lowest BCUT2D eigenvalue weighted by Gasteiger charge is -2.13. The van der Waals surface area contributed by atoms with E-state index in [2.05, 4.69) is 13.8 Å². The summed E-state index contributed by atoms with van der Waals surface area (Å²) < 4.78 is 0. The van der Waals surface area contributed by atoms with Crippen molar-refractivity contribution in [2.24, 2.45) is 0 Å². The minimum absolute atomic E-state index is 0.359. The van der Waals surface area contributed by atoms with Crippen LogP contribution in [0.25, 0.3) is 0 Å². The minimum Gasteiger partial charge on any atom is -0.507 e. The van der Waals surface area contributed by atoms with Gasteiger partial charge in [-0.1, -0.05) is 25.4 Å². The van der Waals surface area contributed by atoms with E-state index in [1.807, 2.05) is 13.0 Å². The van der Waals surface area contributed by atoms with Gasteiger partial charge in [0.05, 0.1) is 0 Å². The zero-order valence-electron chi connectivity index (χ0n) is 8.26. The highest BCUT2D eigenvalue weighted by Crippen LogP contribution is 2.33. The van der Waals surface area contributed by atoms with Gasteiger partial charge in [0.15, 0.2) is 0 Å². The van der Waals surface area contributed by atoms with Crippen molar-refractivity contribution in [2.75, 3.05) is 0 Å². The average Bonchev–Trinajstić information content (AvgIpc) is 2.10. The van der Waals surface area contributed by atoms with Crippen LogP contribution in [0.1, 0.15) is 37.3 Å². The molecule has 0 fully saturated rings. The largest absolute Gasteiger partial charge is 0.507 e. The number of phenolic OH excluding ortho intramolecular Hbond substituents is 1. The van der Waals surface area contributed by atoms with E-state index in [4.69, 9.17) is 11.6 Å². The highest BCUT2D eigenvalue weighted by atomic mass is 35.5. The third-order valence-electron chi connectivity index (χ3n) is 2.44. The van der Waals surface area contributed by atoms with E-state index in [-0.39, 0.29) is 0 Å². The third kappa shape index (κ3) is 2.16. The van der Waals surface area contributed by atoms with Crippen LogP contribution in [0.4, 0.5) is 0 Å². The fraction of sp³-hybridized carbons (Fsp3) is 0.455. The van der Waals surface area contributed by atoms with Gasteiger partial charge in [0.2, 0.25) is 0 Å². The van der Waals surface area contributed by atoms with E-state index < -0.39 is 0 Å². The Balaban J connectivity index is 3.20. The minimum atomic E-state index is 0.359. The predicted molar refractivity (Wildman–Crippen MR) is 56.6 cm³/mol. The maximum absolute atomic E-state index is 9.76. The second-order valence-corrected chi connectivity index (χ2v) is 3.91. The molecule has 0 aliphatic heterocycles. The first-order valence-corrected chi connectivity index (χ1v) is 4.93. The van der Waals surface area contributed by atoms with E-state index >= 15 is 0 Å². The van der Waals surface area contributed by atoms with Crippen molar-refractivity contribution in [2.45, 2.75) is 33.1 Å². The van der Waals surface area contributed by atoms with Crippen LogP contribution >= 0.6 is 11.6 Å². The van der Waals surface area contributed by atoms with Crippen molar-refractivity contribution < 1.29 is 5.11 Å². The highest BCUT2D eigenvalue weighted by Gasteiger charge is 2.11. The van der Waals surface area contributed by atoms with Gasteiger partial charge in [0.25, 0.3) is 0 Å². The number of aromatic hydroxyl groups is 1. The summed E-state index contributed by atoms with van der Waals surface area (Å²) in [6.45, 7) is 6.05. The Kier molecular flexibility index (Phi) is 3.21. The molecule has 0 aliphatic carbocycles. The van der Waals surface area contributed by atoms with E-state index in [9.17, 15) is 5.11 Å². The molecule has 1 N–H and O–H groups in total. The molecule has 13 heavy (non-hydrogen) atoms. The van der Waals surface area contributed by atoms with Gasteiger partial charge in [0, 0.05) is 5.02 Å². The Morgan fingerprint density at radius 1 is 1.46 bits per heavy atom.